The minimum atomic E-state index is -0.669. The zero-order chi connectivity index (χ0) is 21.0. The average Bonchev–Trinajstić information content (AvgIpc) is 3.06. The number of carbonyl (C=O) groups excluding carboxylic acids is 2. The minimum Gasteiger partial charge on any atom is -0.497 e. The first-order chi connectivity index (χ1) is 14.0. The number of benzene rings is 2. The first-order valence-electron chi connectivity index (χ1n) is 8.74. The van der Waals surface area contributed by atoms with Gasteiger partial charge in [0.25, 0.3) is 5.91 Å². The second kappa shape index (κ2) is 8.80. The molecule has 2 aromatic rings. The van der Waals surface area contributed by atoms with E-state index in [9.17, 15) is 19.2 Å². The molecule has 0 aliphatic carbocycles. The van der Waals surface area contributed by atoms with Gasteiger partial charge in [0.1, 0.15) is 28.2 Å². The smallest absolute Gasteiger partial charge is 0.264 e. The number of ether oxygens (including phenoxy) is 1. The molecule has 0 radical (unpaired) electrons. The van der Waals surface area contributed by atoms with Crippen LogP contribution in [-0.2, 0) is 16.0 Å². The molecule has 29 heavy (non-hydrogen) atoms. The van der Waals surface area contributed by atoms with Crippen molar-refractivity contribution in [2.45, 2.75) is 11.7 Å². The van der Waals surface area contributed by atoms with Gasteiger partial charge in [-0.25, -0.2) is 4.39 Å². The Morgan fingerprint density at radius 1 is 1.28 bits per heavy atom. The maximum atomic E-state index is 14.1. The third-order valence-electron chi connectivity index (χ3n) is 4.43. The van der Waals surface area contributed by atoms with Crippen molar-refractivity contribution in [1.82, 2.24) is 5.32 Å². The van der Waals surface area contributed by atoms with E-state index in [2.05, 4.69) is 5.32 Å². The normalized spacial score (nSPS) is 17.7. The van der Waals surface area contributed by atoms with Crippen LogP contribution < -0.4 is 15.0 Å². The zero-order valence-electron chi connectivity index (χ0n) is 15.8. The number of nitrogens with zero attached hydrogens (tertiary/aromatic N) is 2. The number of methoxy groups -OCH3 is 1. The van der Waals surface area contributed by atoms with Gasteiger partial charge in [-0.3, -0.25) is 14.5 Å². The predicted molar refractivity (Wildman–Crippen MR) is 109 cm³/mol. The number of thioether (sulfide) groups is 1. The van der Waals surface area contributed by atoms with Crippen molar-refractivity contribution in [2.24, 2.45) is 0 Å². The maximum Gasteiger partial charge on any atom is 0.264 e. The number of rotatable bonds is 5. The van der Waals surface area contributed by atoms with E-state index in [0.29, 0.717) is 17.0 Å². The molecule has 1 heterocycles. The lowest BCUT2D eigenvalue weighted by Crippen LogP contribution is -2.31. The summed E-state index contributed by atoms with van der Waals surface area (Å²) >= 11 is 1.09. The first kappa shape index (κ1) is 20.4. The van der Waals surface area contributed by atoms with Crippen LogP contribution in [0.3, 0.4) is 0 Å². The molecule has 1 N–H and O–H groups in total. The molecule has 0 aromatic heterocycles. The summed E-state index contributed by atoms with van der Waals surface area (Å²) in [6.07, 6.45) is 0.138. The van der Waals surface area contributed by atoms with Crippen molar-refractivity contribution in [3.05, 3.63) is 70.5 Å². The van der Waals surface area contributed by atoms with Gasteiger partial charge < -0.3 is 10.1 Å². The molecule has 0 spiro atoms. The van der Waals surface area contributed by atoms with Crippen LogP contribution in [0.5, 0.6) is 5.75 Å². The highest BCUT2D eigenvalue weighted by Gasteiger charge is 2.41. The third kappa shape index (κ3) is 4.10. The van der Waals surface area contributed by atoms with Gasteiger partial charge in [0.15, 0.2) is 0 Å². The second-order valence-corrected chi connectivity index (χ2v) is 7.34. The summed E-state index contributed by atoms with van der Waals surface area (Å²) in [7, 11) is 2.94. The lowest BCUT2D eigenvalue weighted by molar-refractivity contribution is -0.117. The summed E-state index contributed by atoms with van der Waals surface area (Å²) in [4.78, 5) is 26.7. The van der Waals surface area contributed by atoms with Crippen LogP contribution in [0.4, 0.5) is 10.1 Å². The van der Waals surface area contributed by atoms with E-state index >= 15 is 0 Å². The molecule has 0 bridgehead atoms. The van der Waals surface area contributed by atoms with Gasteiger partial charge in [0.2, 0.25) is 5.91 Å². The molecule has 1 fully saturated rings. The Balaban J connectivity index is 2.05. The van der Waals surface area contributed by atoms with Crippen LogP contribution in [-0.4, -0.2) is 31.2 Å². The van der Waals surface area contributed by atoms with E-state index in [1.54, 1.807) is 42.5 Å². The molecular weight excluding hydrogens is 393 g/mol. The lowest BCUT2D eigenvalue weighted by Gasteiger charge is -2.18. The topological polar surface area (TPSA) is 82.4 Å². The Bertz CT molecular complexity index is 1010. The lowest BCUT2D eigenvalue weighted by atomic mass is 10.1. The summed E-state index contributed by atoms with van der Waals surface area (Å²) in [6, 6.07) is 14.8. The number of likely N-dealkylation sites (N-methyl/N-ethyl adjacent to an activating group) is 1. The van der Waals surface area contributed by atoms with Crippen molar-refractivity contribution in [2.75, 3.05) is 19.1 Å². The number of halogens is 1. The van der Waals surface area contributed by atoms with Gasteiger partial charge in [-0.05, 0) is 42.3 Å². The predicted octanol–water partition coefficient (Wildman–Crippen LogP) is 3.01. The van der Waals surface area contributed by atoms with Crippen molar-refractivity contribution in [1.29, 1.82) is 5.26 Å². The molecule has 3 rings (SSSR count). The Labute approximate surface area is 172 Å². The van der Waals surface area contributed by atoms with Gasteiger partial charge >= 0.3 is 0 Å². The van der Waals surface area contributed by atoms with Gasteiger partial charge in [-0.1, -0.05) is 30.0 Å². The molecule has 148 valence electrons. The van der Waals surface area contributed by atoms with Crippen molar-refractivity contribution in [3.63, 3.8) is 0 Å². The first-order valence-corrected chi connectivity index (χ1v) is 9.62. The molecule has 6 nitrogen and oxygen atoms in total. The third-order valence-corrected chi connectivity index (χ3v) is 5.69. The van der Waals surface area contributed by atoms with Crippen LogP contribution >= 0.6 is 11.8 Å². The van der Waals surface area contributed by atoms with Gasteiger partial charge in [-0.2, -0.15) is 5.26 Å². The fourth-order valence-corrected chi connectivity index (χ4v) is 4.24. The molecule has 1 unspecified atom stereocenters. The molecule has 2 aromatic carbocycles. The molecule has 2 amide bonds. The Hall–Kier alpha value is -3.31. The van der Waals surface area contributed by atoms with Crippen molar-refractivity contribution < 1.29 is 18.7 Å². The molecule has 8 heteroatoms. The SMILES string of the molecule is CNC(=O)/C(C#N)=C1\SC(Cc2ccccc2F)C(=O)N1c1ccc(OC)cc1. The molecule has 1 aliphatic rings. The number of nitrogens with one attached hydrogen (secondary N) is 1. The highest BCUT2D eigenvalue weighted by molar-refractivity contribution is 8.05. The van der Waals surface area contributed by atoms with Gasteiger partial charge in [-0.15, -0.1) is 0 Å². The number of amides is 2. The van der Waals surface area contributed by atoms with Crippen molar-refractivity contribution in [3.8, 4) is 11.8 Å². The molecule has 1 aliphatic heterocycles. The average molecular weight is 411 g/mol. The number of anilines is 1. The second-order valence-electron chi connectivity index (χ2n) is 6.14. The highest BCUT2D eigenvalue weighted by Crippen LogP contribution is 2.42. The van der Waals surface area contributed by atoms with Crippen molar-refractivity contribution >= 4 is 29.3 Å². The van der Waals surface area contributed by atoms with E-state index in [0.717, 1.165) is 11.8 Å². The Kier molecular flexibility index (Phi) is 6.20. The standard InChI is InChI=1S/C21H18FN3O3S/c1-24-19(26)16(12-23)21-25(14-7-9-15(28-2)10-8-14)20(27)18(29-21)11-13-5-3-4-6-17(13)22/h3-10,18H,11H2,1-2H3,(H,24,26)/b21-16-. The van der Waals surface area contributed by atoms with E-state index in [4.69, 9.17) is 4.74 Å². The molecular formula is C21H18FN3O3S. The van der Waals surface area contributed by atoms with Crippen LogP contribution in [0.2, 0.25) is 0 Å². The Morgan fingerprint density at radius 2 is 1.97 bits per heavy atom. The number of nitriles is 1. The molecule has 1 saturated heterocycles. The minimum absolute atomic E-state index is 0.138. The van der Waals surface area contributed by atoms with E-state index in [1.807, 2.05) is 6.07 Å². The van der Waals surface area contributed by atoms with Crippen LogP contribution in [0, 0.1) is 17.1 Å². The van der Waals surface area contributed by atoms with Gasteiger partial charge in [0.05, 0.1) is 12.4 Å². The summed E-state index contributed by atoms with van der Waals surface area (Å²) in [5, 5.41) is 11.5. The Morgan fingerprint density at radius 3 is 2.55 bits per heavy atom. The van der Waals surface area contributed by atoms with E-state index in [1.165, 1.54) is 25.1 Å². The van der Waals surface area contributed by atoms with Gasteiger partial charge in [0, 0.05) is 12.7 Å². The number of hydrogen-bond acceptors (Lipinski definition) is 5. The summed E-state index contributed by atoms with van der Waals surface area (Å²) in [5.41, 5.74) is 0.719. The van der Waals surface area contributed by atoms with E-state index in [-0.39, 0.29) is 22.9 Å². The monoisotopic (exact) mass is 411 g/mol. The number of carbonyl (C=O) groups is 2. The van der Waals surface area contributed by atoms with Crippen LogP contribution in [0.1, 0.15) is 5.56 Å². The zero-order valence-corrected chi connectivity index (χ0v) is 16.6. The van der Waals surface area contributed by atoms with Crippen LogP contribution in [0.25, 0.3) is 0 Å². The number of hydrogen-bond donors (Lipinski definition) is 1. The van der Waals surface area contributed by atoms with Crippen LogP contribution in [0.15, 0.2) is 59.1 Å². The quantitative estimate of drug-likeness (QED) is 0.604. The summed E-state index contributed by atoms with van der Waals surface area (Å²) in [5.74, 6) is -0.711. The fraction of sp³-hybridized carbons (Fsp3) is 0.190. The maximum absolute atomic E-state index is 14.1. The summed E-state index contributed by atoms with van der Waals surface area (Å²) in [6.45, 7) is 0. The molecule has 0 saturated carbocycles. The fourth-order valence-electron chi connectivity index (χ4n) is 2.94. The highest BCUT2D eigenvalue weighted by atomic mass is 32.2. The summed E-state index contributed by atoms with van der Waals surface area (Å²) < 4.78 is 19.2. The largest absolute Gasteiger partial charge is 0.497 e. The van der Waals surface area contributed by atoms with E-state index < -0.39 is 17.0 Å². The molecule has 1 atom stereocenters.